The smallest absolute Gasteiger partial charge is 0.228 e. The van der Waals surface area contributed by atoms with Gasteiger partial charge < -0.3 is 9.30 Å². The molecule has 30 heavy (non-hydrogen) atoms. The van der Waals surface area contributed by atoms with Crippen LogP contribution in [0.1, 0.15) is 61.9 Å². The minimum Gasteiger partial charge on any atom is -0.342 e. The molecule has 0 radical (unpaired) electrons. The average molecular weight is 406 g/mol. The summed E-state index contributed by atoms with van der Waals surface area (Å²) in [6, 6.07) is 10.6. The van der Waals surface area contributed by atoms with Gasteiger partial charge in [0.25, 0.3) is 0 Å². The summed E-state index contributed by atoms with van der Waals surface area (Å²) in [6.45, 7) is 12.3. The van der Waals surface area contributed by atoms with Gasteiger partial charge in [-0.05, 0) is 68.5 Å². The van der Waals surface area contributed by atoms with E-state index in [1.165, 1.54) is 16.7 Å². The summed E-state index contributed by atoms with van der Waals surface area (Å²) in [5.74, 6) is 0.198. The molecule has 3 rings (SSSR count). The molecular formula is C26H35N3O. The minimum absolute atomic E-state index is 0.198. The van der Waals surface area contributed by atoms with Crippen LogP contribution >= 0.6 is 0 Å². The molecule has 0 saturated heterocycles. The Kier molecular flexibility index (Phi) is 7.30. The zero-order chi connectivity index (χ0) is 21.7. The first kappa shape index (κ1) is 22.1. The maximum Gasteiger partial charge on any atom is 0.228 e. The lowest BCUT2D eigenvalue weighted by molar-refractivity contribution is -0.130. The quantitative estimate of drug-likeness (QED) is 0.444. The van der Waals surface area contributed by atoms with Crippen molar-refractivity contribution in [2.75, 3.05) is 13.1 Å². The highest BCUT2D eigenvalue weighted by atomic mass is 16.2. The van der Waals surface area contributed by atoms with Gasteiger partial charge in [0.15, 0.2) is 0 Å². The normalized spacial score (nSPS) is 11.2. The second kappa shape index (κ2) is 9.92. The predicted molar refractivity (Wildman–Crippen MR) is 125 cm³/mol. The number of unbranched alkanes of at least 4 members (excludes halogenated alkanes) is 2. The Labute approximate surface area is 180 Å². The molecular weight excluding hydrogens is 370 g/mol. The first-order valence-corrected chi connectivity index (χ1v) is 11.3. The molecule has 0 aliphatic rings. The van der Waals surface area contributed by atoms with E-state index in [1.54, 1.807) is 0 Å². The molecule has 0 spiro atoms. The summed E-state index contributed by atoms with van der Waals surface area (Å²) >= 11 is 0. The SMILES string of the molecule is CCCCN(CCCC)C(=O)Cc1c(-c2ccc(C)c(C)c2)nc2cc(C)ccn12. The Morgan fingerprint density at radius 3 is 2.30 bits per heavy atom. The number of aryl methyl sites for hydroxylation is 3. The van der Waals surface area contributed by atoms with E-state index < -0.39 is 0 Å². The third-order valence-electron chi connectivity index (χ3n) is 5.90. The van der Waals surface area contributed by atoms with Crippen LogP contribution in [0.25, 0.3) is 16.9 Å². The highest BCUT2D eigenvalue weighted by Gasteiger charge is 2.21. The number of amides is 1. The van der Waals surface area contributed by atoms with Crippen LogP contribution in [0.4, 0.5) is 0 Å². The third kappa shape index (κ3) is 4.92. The van der Waals surface area contributed by atoms with Crippen LogP contribution in [0.2, 0.25) is 0 Å². The molecule has 1 amide bonds. The minimum atomic E-state index is 0.198. The van der Waals surface area contributed by atoms with Crippen LogP contribution in [0.3, 0.4) is 0 Å². The van der Waals surface area contributed by atoms with Crippen molar-refractivity contribution in [3.05, 3.63) is 58.9 Å². The molecule has 0 fully saturated rings. The van der Waals surface area contributed by atoms with Crippen molar-refractivity contribution in [1.29, 1.82) is 0 Å². The van der Waals surface area contributed by atoms with E-state index in [-0.39, 0.29) is 5.91 Å². The topological polar surface area (TPSA) is 37.6 Å². The fraction of sp³-hybridized carbons (Fsp3) is 0.462. The van der Waals surface area contributed by atoms with E-state index in [1.807, 2.05) is 11.1 Å². The number of pyridine rings is 1. The van der Waals surface area contributed by atoms with Crippen molar-refractivity contribution < 1.29 is 4.79 Å². The lowest BCUT2D eigenvalue weighted by atomic mass is 10.0. The van der Waals surface area contributed by atoms with E-state index in [0.29, 0.717) is 6.42 Å². The van der Waals surface area contributed by atoms with Crippen molar-refractivity contribution in [1.82, 2.24) is 14.3 Å². The average Bonchev–Trinajstić information content (AvgIpc) is 3.07. The number of hydrogen-bond donors (Lipinski definition) is 0. The van der Waals surface area contributed by atoms with Gasteiger partial charge in [0.1, 0.15) is 5.65 Å². The number of rotatable bonds is 9. The first-order chi connectivity index (χ1) is 14.4. The van der Waals surface area contributed by atoms with Gasteiger partial charge in [-0.15, -0.1) is 0 Å². The second-order valence-corrected chi connectivity index (χ2v) is 8.40. The number of benzene rings is 1. The molecule has 4 nitrogen and oxygen atoms in total. The Balaban J connectivity index is 2.02. The Hall–Kier alpha value is -2.62. The number of nitrogens with zero attached hydrogens (tertiary/aromatic N) is 3. The molecule has 0 N–H and O–H groups in total. The van der Waals surface area contributed by atoms with Crippen LogP contribution < -0.4 is 0 Å². The molecule has 0 aliphatic carbocycles. The first-order valence-electron chi connectivity index (χ1n) is 11.3. The van der Waals surface area contributed by atoms with E-state index in [9.17, 15) is 4.79 Å². The molecule has 2 aromatic heterocycles. The van der Waals surface area contributed by atoms with Crippen LogP contribution in [0.5, 0.6) is 0 Å². The van der Waals surface area contributed by atoms with E-state index in [0.717, 1.165) is 61.4 Å². The van der Waals surface area contributed by atoms with Crippen molar-refractivity contribution in [3.8, 4) is 11.3 Å². The number of hydrogen-bond acceptors (Lipinski definition) is 2. The van der Waals surface area contributed by atoms with Crippen LogP contribution in [-0.4, -0.2) is 33.3 Å². The Morgan fingerprint density at radius 1 is 0.967 bits per heavy atom. The van der Waals surface area contributed by atoms with Crippen LogP contribution in [-0.2, 0) is 11.2 Å². The molecule has 160 valence electrons. The number of fused-ring (bicyclic) bond motifs is 1. The van der Waals surface area contributed by atoms with Crippen LogP contribution in [0.15, 0.2) is 36.5 Å². The molecule has 0 unspecified atom stereocenters. The summed E-state index contributed by atoms with van der Waals surface area (Å²) in [6.07, 6.45) is 6.71. The molecule has 4 heteroatoms. The molecule has 0 aliphatic heterocycles. The number of carbonyl (C=O) groups is 1. The lowest BCUT2D eigenvalue weighted by Gasteiger charge is -2.22. The van der Waals surface area contributed by atoms with Gasteiger partial charge in [0, 0.05) is 24.8 Å². The summed E-state index contributed by atoms with van der Waals surface area (Å²) in [4.78, 5) is 20.3. The van der Waals surface area contributed by atoms with Crippen molar-refractivity contribution in [2.45, 2.75) is 66.7 Å². The number of aromatic nitrogens is 2. The molecule has 0 saturated carbocycles. The summed E-state index contributed by atoms with van der Waals surface area (Å²) in [5.41, 5.74) is 7.56. The van der Waals surface area contributed by atoms with E-state index in [4.69, 9.17) is 4.98 Å². The standard InChI is InChI=1S/C26H35N3O/c1-6-8-13-28(14-9-7-2)25(30)18-23-26(22-11-10-20(4)21(5)17-22)27-24-16-19(3)12-15-29(23)24/h10-12,15-17H,6-9,13-14,18H2,1-5H3. The van der Waals surface area contributed by atoms with E-state index in [2.05, 4.69) is 69.4 Å². The number of imidazole rings is 1. The van der Waals surface area contributed by atoms with Gasteiger partial charge in [0.2, 0.25) is 5.91 Å². The summed E-state index contributed by atoms with van der Waals surface area (Å²) in [5, 5.41) is 0. The Morgan fingerprint density at radius 2 is 1.67 bits per heavy atom. The van der Waals surface area contributed by atoms with Crippen LogP contribution in [0, 0.1) is 20.8 Å². The van der Waals surface area contributed by atoms with Crippen molar-refractivity contribution >= 4 is 11.6 Å². The van der Waals surface area contributed by atoms with Gasteiger partial charge in [0.05, 0.1) is 17.8 Å². The highest BCUT2D eigenvalue weighted by Crippen LogP contribution is 2.27. The Bertz CT molecular complexity index is 1010. The van der Waals surface area contributed by atoms with Crippen molar-refractivity contribution in [2.24, 2.45) is 0 Å². The molecule has 1 aromatic carbocycles. The summed E-state index contributed by atoms with van der Waals surface area (Å²) < 4.78 is 2.09. The fourth-order valence-corrected chi connectivity index (χ4v) is 3.80. The second-order valence-electron chi connectivity index (χ2n) is 8.40. The van der Waals surface area contributed by atoms with Gasteiger partial charge in [-0.2, -0.15) is 0 Å². The lowest BCUT2D eigenvalue weighted by Crippen LogP contribution is -2.34. The molecule has 0 bridgehead atoms. The zero-order valence-corrected chi connectivity index (χ0v) is 19.2. The highest BCUT2D eigenvalue weighted by molar-refractivity contribution is 5.82. The molecule has 2 heterocycles. The molecule has 0 atom stereocenters. The maximum absolute atomic E-state index is 13.3. The van der Waals surface area contributed by atoms with Crippen molar-refractivity contribution in [3.63, 3.8) is 0 Å². The van der Waals surface area contributed by atoms with Gasteiger partial charge in [-0.3, -0.25) is 4.79 Å². The number of carbonyl (C=O) groups excluding carboxylic acids is 1. The third-order valence-corrected chi connectivity index (χ3v) is 5.90. The largest absolute Gasteiger partial charge is 0.342 e. The summed E-state index contributed by atoms with van der Waals surface area (Å²) in [7, 11) is 0. The van der Waals surface area contributed by atoms with E-state index >= 15 is 0 Å². The van der Waals surface area contributed by atoms with Gasteiger partial charge >= 0.3 is 0 Å². The predicted octanol–water partition coefficient (Wildman–Crippen LogP) is 5.90. The monoisotopic (exact) mass is 405 g/mol. The zero-order valence-electron chi connectivity index (χ0n) is 19.2. The molecule has 3 aromatic rings. The van der Waals surface area contributed by atoms with Gasteiger partial charge in [-0.1, -0.05) is 38.8 Å². The van der Waals surface area contributed by atoms with Gasteiger partial charge in [-0.25, -0.2) is 4.98 Å². The fourth-order valence-electron chi connectivity index (χ4n) is 3.80. The maximum atomic E-state index is 13.3.